The number of aromatic nitrogens is 2. The Labute approximate surface area is 312 Å². The molecule has 0 aliphatic rings. The molecule has 3 aromatic heterocycles. The van der Waals surface area contributed by atoms with Gasteiger partial charge in [-0.05, 0) is 62.4 Å². The predicted octanol–water partition coefficient (Wildman–Crippen LogP) is 14.0. The quantitative estimate of drug-likeness (QED) is 0.162. The smallest absolute Gasteiger partial charge is 0.0972 e. The number of fused-ring (bicyclic) bond motifs is 4. The number of hydrogen-bond donors (Lipinski definition) is 0. The average molecular weight is 693 g/mol. The molecule has 10 aromatic rings. The molecular formula is C50H32N2S. The van der Waals surface area contributed by atoms with Gasteiger partial charge in [-0.15, -0.1) is 11.3 Å². The molecule has 0 saturated heterocycles. The monoisotopic (exact) mass is 692 g/mol. The van der Waals surface area contributed by atoms with Gasteiger partial charge in [-0.2, -0.15) is 0 Å². The summed E-state index contributed by atoms with van der Waals surface area (Å²) in [5.41, 5.74) is 13.7. The zero-order valence-electron chi connectivity index (χ0n) is 28.8. The van der Waals surface area contributed by atoms with Gasteiger partial charge in [0.15, 0.2) is 0 Å². The molecule has 3 heteroatoms. The summed E-state index contributed by atoms with van der Waals surface area (Å²) in [7, 11) is 0. The number of hydrogen-bond acceptors (Lipinski definition) is 3. The van der Waals surface area contributed by atoms with Crippen LogP contribution in [0.2, 0.25) is 0 Å². The van der Waals surface area contributed by atoms with Crippen LogP contribution < -0.4 is 0 Å². The number of nitrogens with zero attached hydrogens (tertiary/aromatic N) is 2. The third-order valence-corrected chi connectivity index (χ3v) is 11.4. The van der Waals surface area contributed by atoms with Gasteiger partial charge in [0, 0.05) is 43.4 Å². The first-order valence-corrected chi connectivity index (χ1v) is 18.7. The predicted molar refractivity (Wildman–Crippen MR) is 225 cm³/mol. The van der Waals surface area contributed by atoms with Crippen LogP contribution in [0.5, 0.6) is 0 Å². The van der Waals surface area contributed by atoms with E-state index in [0.29, 0.717) is 0 Å². The highest BCUT2D eigenvalue weighted by molar-refractivity contribution is 7.20. The second-order valence-electron chi connectivity index (χ2n) is 13.3. The first-order chi connectivity index (χ1) is 26.3. The van der Waals surface area contributed by atoms with Crippen molar-refractivity contribution in [3.8, 4) is 65.5 Å². The summed E-state index contributed by atoms with van der Waals surface area (Å²) < 4.78 is 0. The highest BCUT2D eigenvalue weighted by Gasteiger charge is 2.23. The van der Waals surface area contributed by atoms with E-state index in [1.807, 2.05) is 23.6 Å². The summed E-state index contributed by atoms with van der Waals surface area (Å²) in [4.78, 5) is 12.5. The maximum absolute atomic E-state index is 5.22. The molecule has 0 N–H and O–H groups in total. The molecule has 10 rings (SSSR count). The molecule has 0 atom stereocenters. The molecular weight excluding hydrogens is 661 g/mol. The number of benzene rings is 7. The van der Waals surface area contributed by atoms with Crippen molar-refractivity contribution in [3.63, 3.8) is 0 Å². The van der Waals surface area contributed by atoms with Gasteiger partial charge in [0.05, 0.1) is 16.7 Å². The summed E-state index contributed by atoms with van der Waals surface area (Å²) in [6, 6.07) is 67.4. The fourth-order valence-corrected chi connectivity index (χ4v) is 9.02. The summed E-state index contributed by atoms with van der Waals surface area (Å²) >= 11 is 1.88. The van der Waals surface area contributed by atoms with Crippen LogP contribution in [0, 0.1) is 0 Å². The first-order valence-electron chi connectivity index (χ1n) is 17.9. The van der Waals surface area contributed by atoms with E-state index in [0.717, 1.165) is 33.1 Å². The minimum absolute atomic E-state index is 0.926. The number of pyridine rings is 2. The average Bonchev–Trinajstić information content (AvgIpc) is 3.65. The Balaban J connectivity index is 1.17. The van der Waals surface area contributed by atoms with Gasteiger partial charge >= 0.3 is 0 Å². The van der Waals surface area contributed by atoms with Gasteiger partial charge in [-0.25, -0.2) is 4.98 Å². The van der Waals surface area contributed by atoms with E-state index >= 15 is 0 Å². The number of thiophene rings is 1. The maximum atomic E-state index is 5.22. The van der Waals surface area contributed by atoms with Crippen molar-refractivity contribution in [1.82, 2.24) is 9.97 Å². The second-order valence-corrected chi connectivity index (χ2v) is 14.3. The van der Waals surface area contributed by atoms with Crippen LogP contribution in [-0.4, -0.2) is 9.97 Å². The van der Waals surface area contributed by atoms with Crippen LogP contribution in [0.15, 0.2) is 194 Å². The summed E-state index contributed by atoms with van der Waals surface area (Å²) in [6.45, 7) is 0. The molecule has 0 aliphatic heterocycles. The molecule has 2 nitrogen and oxygen atoms in total. The van der Waals surface area contributed by atoms with Gasteiger partial charge in [-0.3, -0.25) is 4.98 Å². The lowest BCUT2D eigenvalue weighted by molar-refractivity contribution is 1.37. The molecule has 0 amide bonds. The topological polar surface area (TPSA) is 25.8 Å². The molecule has 7 aromatic carbocycles. The first kappa shape index (κ1) is 31.1. The lowest BCUT2D eigenvalue weighted by Crippen LogP contribution is -1.91. The zero-order valence-corrected chi connectivity index (χ0v) is 29.6. The van der Waals surface area contributed by atoms with Gasteiger partial charge in [-0.1, -0.05) is 170 Å². The van der Waals surface area contributed by atoms with Crippen LogP contribution in [0.3, 0.4) is 0 Å². The molecule has 0 aliphatic carbocycles. The van der Waals surface area contributed by atoms with E-state index in [2.05, 4.69) is 182 Å². The van der Waals surface area contributed by atoms with E-state index in [1.54, 1.807) is 0 Å². The molecule has 0 saturated carbocycles. The van der Waals surface area contributed by atoms with Crippen molar-refractivity contribution in [2.24, 2.45) is 0 Å². The number of rotatable bonds is 6. The van der Waals surface area contributed by atoms with E-state index < -0.39 is 0 Å². The highest BCUT2D eigenvalue weighted by Crippen LogP contribution is 2.52. The third kappa shape index (κ3) is 5.50. The second kappa shape index (κ2) is 13.1. The normalized spacial score (nSPS) is 11.4. The van der Waals surface area contributed by atoms with Gasteiger partial charge < -0.3 is 0 Å². The minimum atomic E-state index is 0.926. The molecule has 53 heavy (non-hydrogen) atoms. The van der Waals surface area contributed by atoms with Gasteiger partial charge in [0.1, 0.15) is 0 Å². The standard InChI is InChI=1S/C50H32N2S/c1-4-14-33(15-5-1)45-46(50(37-18-8-3-9-19-37)53-49(45)36-16-6-2-7-17-36)39-21-12-20-38(32-39)40-28-29-43(42-24-11-10-23-41(40)42)44-30-27-35-26-25-34-22-13-31-51-47(34)48(35)52-44/h1-32H. The maximum Gasteiger partial charge on any atom is 0.0972 e. The molecule has 0 radical (unpaired) electrons. The zero-order chi connectivity index (χ0) is 35.1. The molecule has 248 valence electrons. The SMILES string of the molecule is c1ccc(-c2sc(-c3ccccc3)c(-c3cccc(-c4ccc(-c5ccc6ccc7cccnc7c6n5)c5ccccc45)c3)c2-c2ccccc2)cc1. The Morgan fingerprint density at radius 1 is 0.358 bits per heavy atom. The Hall–Kier alpha value is -6.68. The lowest BCUT2D eigenvalue weighted by atomic mass is 9.89. The van der Waals surface area contributed by atoms with Crippen molar-refractivity contribution in [2.75, 3.05) is 0 Å². The Kier molecular flexibility index (Phi) is 7.71. The van der Waals surface area contributed by atoms with Crippen LogP contribution in [0.25, 0.3) is 98.1 Å². The Morgan fingerprint density at radius 3 is 1.58 bits per heavy atom. The van der Waals surface area contributed by atoms with Crippen molar-refractivity contribution in [1.29, 1.82) is 0 Å². The molecule has 0 fully saturated rings. The minimum Gasteiger partial charge on any atom is -0.254 e. The molecule has 0 bridgehead atoms. The summed E-state index contributed by atoms with van der Waals surface area (Å²) in [5, 5.41) is 4.55. The van der Waals surface area contributed by atoms with Crippen molar-refractivity contribution in [2.45, 2.75) is 0 Å². The van der Waals surface area contributed by atoms with Crippen LogP contribution in [0.1, 0.15) is 0 Å². The largest absolute Gasteiger partial charge is 0.254 e. The third-order valence-electron chi connectivity index (χ3n) is 10.1. The van der Waals surface area contributed by atoms with E-state index in [-0.39, 0.29) is 0 Å². The van der Waals surface area contributed by atoms with Gasteiger partial charge in [0.25, 0.3) is 0 Å². The van der Waals surface area contributed by atoms with Crippen molar-refractivity contribution in [3.05, 3.63) is 194 Å². The van der Waals surface area contributed by atoms with E-state index in [9.17, 15) is 0 Å². The van der Waals surface area contributed by atoms with Crippen LogP contribution in [-0.2, 0) is 0 Å². The van der Waals surface area contributed by atoms with Crippen molar-refractivity contribution < 1.29 is 0 Å². The Morgan fingerprint density at radius 2 is 0.887 bits per heavy atom. The van der Waals surface area contributed by atoms with Crippen LogP contribution >= 0.6 is 11.3 Å². The van der Waals surface area contributed by atoms with E-state index in [4.69, 9.17) is 9.97 Å². The Bertz CT molecular complexity index is 2930. The fraction of sp³-hybridized carbons (Fsp3) is 0. The molecule has 0 unspecified atom stereocenters. The lowest BCUT2D eigenvalue weighted by Gasteiger charge is -2.15. The van der Waals surface area contributed by atoms with E-state index in [1.165, 1.54) is 65.0 Å². The summed E-state index contributed by atoms with van der Waals surface area (Å²) in [5.74, 6) is 0. The molecule has 3 heterocycles. The summed E-state index contributed by atoms with van der Waals surface area (Å²) in [6.07, 6.45) is 1.85. The van der Waals surface area contributed by atoms with Crippen molar-refractivity contribution >= 4 is 43.9 Å². The van der Waals surface area contributed by atoms with Gasteiger partial charge in [0.2, 0.25) is 0 Å². The molecule has 0 spiro atoms. The highest BCUT2D eigenvalue weighted by atomic mass is 32.1. The fourth-order valence-electron chi connectivity index (χ4n) is 7.66. The van der Waals surface area contributed by atoms with Crippen LogP contribution in [0.4, 0.5) is 0 Å².